The Morgan fingerprint density at radius 1 is 1.08 bits per heavy atom. The number of nitrogens with zero attached hydrogens (tertiary/aromatic N) is 1. The quantitative estimate of drug-likeness (QED) is 0.150. The molecule has 0 amide bonds. The second kappa shape index (κ2) is 15.1. The number of unbranched alkanes of at least 4 members (excludes halogenated alkanes) is 4. The van der Waals surface area contributed by atoms with E-state index in [1.165, 1.54) is 37.7 Å². The molecule has 5 nitrogen and oxygen atoms in total. The first-order valence-corrected chi connectivity index (χ1v) is 15.0. The Hall–Kier alpha value is -2.60. The maximum atomic E-state index is 12.2. The summed E-state index contributed by atoms with van der Waals surface area (Å²) in [7, 11) is 0. The molecular weight excluding hydrogens is 494 g/mol. The van der Waals surface area contributed by atoms with E-state index in [4.69, 9.17) is 4.84 Å². The first-order chi connectivity index (χ1) is 18.3. The minimum absolute atomic E-state index is 0.0264. The predicted octanol–water partition coefficient (Wildman–Crippen LogP) is 8.09. The van der Waals surface area contributed by atoms with E-state index >= 15 is 0 Å². The van der Waals surface area contributed by atoms with Crippen LogP contribution in [-0.4, -0.2) is 28.3 Å². The molecule has 1 unspecified atom stereocenters. The molecule has 0 aliphatic heterocycles. The Kier molecular flexibility index (Phi) is 11.9. The average Bonchev–Trinajstić information content (AvgIpc) is 2.92. The number of aromatic hydroxyl groups is 1. The number of hydrogen-bond donors (Lipinski definition) is 1. The summed E-state index contributed by atoms with van der Waals surface area (Å²) in [5.74, 6) is 0.393. The van der Waals surface area contributed by atoms with Crippen molar-refractivity contribution in [1.82, 2.24) is 0 Å². The van der Waals surface area contributed by atoms with Gasteiger partial charge in [0.05, 0.1) is 5.71 Å². The van der Waals surface area contributed by atoms with Crippen LogP contribution in [-0.2, 0) is 25.6 Å². The average molecular weight is 538 g/mol. The normalized spacial score (nSPS) is 16.9. The van der Waals surface area contributed by atoms with Crippen molar-refractivity contribution in [2.24, 2.45) is 5.16 Å². The van der Waals surface area contributed by atoms with Gasteiger partial charge in [-0.1, -0.05) is 112 Å². The third kappa shape index (κ3) is 9.30. The van der Waals surface area contributed by atoms with Crippen LogP contribution >= 0.6 is 11.8 Å². The van der Waals surface area contributed by atoms with Gasteiger partial charge in [0.1, 0.15) is 5.75 Å². The molecule has 2 aromatic rings. The van der Waals surface area contributed by atoms with E-state index in [1.54, 1.807) is 0 Å². The summed E-state index contributed by atoms with van der Waals surface area (Å²) in [6.45, 7) is 6.41. The number of phenols is 1. The number of hydrogen-bond acceptors (Lipinski definition) is 6. The highest BCUT2D eigenvalue weighted by Gasteiger charge is 2.26. The van der Waals surface area contributed by atoms with Gasteiger partial charge in [-0.2, -0.15) is 0 Å². The minimum atomic E-state index is -0.580. The molecule has 206 valence electrons. The third-order valence-electron chi connectivity index (χ3n) is 7.49. The number of Topliss-reactive ketones (excluding diaryl/α,β-unsaturated/α-hetero) is 1. The number of benzene rings is 2. The van der Waals surface area contributed by atoms with Gasteiger partial charge in [0.15, 0.2) is 6.61 Å². The van der Waals surface area contributed by atoms with Crippen molar-refractivity contribution < 1.29 is 19.5 Å². The Balaban J connectivity index is 1.49. The fourth-order valence-electron chi connectivity index (χ4n) is 5.06. The Bertz CT molecular complexity index is 1080. The zero-order valence-corrected chi connectivity index (χ0v) is 24.0. The molecule has 0 spiro atoms. The van der Waals surface area contributed by atoms with E-state index < -0.39 is 10.9 Å². The highest BCUT2D eigenvalue weighted by atomic mass is 32.2. The zero-order chi connectivity index (χ0) is 27.4. The van der Waals surface area contributed by atoms with Crippen LogP contribution in [0, 0.1) is 0 Å². The summed E-state index contributed by atoms with van der Waals surface area (Å²) in [5.41, 5.74) is 4.02. The monoisotopic (exact) mass is 537 g/mol. The molecule has 0 radical (unpaired) electrons. The molecule has 2 aromatic carbocycles. The van der Waals surface area contributed by atoms with Gasteiger partial charge < -0.3 is 9.94 Å². The highest BCUT2D eigenvalue weighted by Crippen LogP contribution is 2.39. The molecule has 0 saturated heterocycles. The summed E-state index contributed by atoms with van der Waals surface area (Å²) in [5, 5.41) is 14.6. The van der Waals surface area contributed by atoms with Crippen LogP contribution in [0.15, 0.2) is 53.7 Å². The van der Waals surface area contributed by atoms with Gasteiger partial charge in [-0.05, 0) is 66.2 Å². The number of phenolic OH excluding ortho intramolecular Hbond substituents is 1. The molecule has 1 aliphatic rings. The first-order valence-electron chi connectivity index (χ1n) is 14.0. The SMILES string of the molecule is CCCCCCCC(C)(C)c1ccc(C2CCC/C(=N/OCC(=O)C(=O)SCc3ccccc3)C2)c(O)c1. The summed E-state index contributed by atoms with van der Waals surface area (Å²) in [4.78, 5) is 29.6. The predicted molar refractivity (Wildman–Crippen MR) is 157 cm³/mol. The van der Waals surface area contributed by atoms with Crippen LogP contribution in [0.5, 0.6) is 5.75 Å². The Labute approximate surface area is 232 Å². The van der Waals surface area contributed by atoms with Gasteiger partial charge in [-0.3, -0.25) is 9.59 Å². The summed E-state index contributed by atoms with van der Waals surface area (Å²) >= 11 is 0.988. The van der Waals surface area contributed by atoms with Crippen molar-refractivity contribution in [3.05, 3.63) is 65.2 Å². The van der Waals surface area contributed by atoms with E-state index in [1.807, 2.05) is 36.4 Å². The Morgan fingerprint density at radius 2 is 1.84 bits per heavy atom. The van der Waals surface area contributed by atoms with Crippen LogP contribution in [0.2, 0.25) is 0 Å². The van der Waals surface area contributed by atoms with Crippen LogP contribution in [0.25, 0.3) is 0 Å². The number of rotatable bonds is 14. The van der Waals surface area contributed by atoms with E-state index in [2.05, 4.69) is 38.1 Å². The molecule has 1 aliphatic carbocycles. The lowest BCUT2D eigenvalue weighted by molar-refractivity contribution is -0.134. The van der Waals surface area contributed by atoms with Crippen LogP contribution < -0.4 is 0 Å². The summed E-state index contributed by atoms with van der Waals surface area (Å²) in [6.07, 6.45) is 10.8. The van der Waals surface area contributed by atoms with Crippen molar-refractivity contribution in [3.63, 3.8) is 0 Å². The van der Waals surface area contributed by atoms with Crippen molar-refractivity contribution >= 4 is 28.4 Å². The molecule has 0 aromatic heterocycles. The standard InChI is InChI=1S/C32H43NO4S/c1-4-5-6-7-11-19-32(2,3)26-17-18-28(29(34)21-26)25-15-12-16-27(20-25)33-37-22-30(35)31(36)38-23-24-13-9-8-10-14-24/h8-10,13-14,17-18,21,25,34H,4-7,11-12,15-16,19-20,22-23H2,1-3H3/b33-27-. The van der Waals surface area contributed by atoms with Crippen LogP contribution in [0.1, 0.15) is 108 Å². The summed E-state index contributed by atoms with van der Waals surface area (Å²) in [6, 6.07) is 15.8. The van der Waals surface area contributed by atoms with E-state index in [0.29, 0.717) is 17.9 Å². The second-order valence-electron chi connectivity index (χ2n) is 11.0. The lowest BCUT2D eigenvalue weighted by atomic mass is 9.77. The molecule has 0 heterocycles. The van der Waals surface area contributed by atoms with Crippen molar-refractivity contribution in [2.45, 2.75) is 102 Å². The Morgan fingerprint density at radius 3 is 2.58 bits per heavy atom. The lowest BCUT2D eigenvalue weighted by Crippen LogP contribution is -2.19. The number of oxime groups is 1. The van der Waals surface area contributed by atoms with Crippen molar-refractivity contribution in [2.75, 3.05) is 6.61 Å². The largest absolute Gasteiger partial charge is 0.508 e. The molecule has 1 fully saturated rings. The molecule has 1 atom stereocenters. The van der Waals surface area contributed by atoms with Crippen LogP contribution in [0.3, 0.4) is 0 Å². The van der Waals surface area contributed by atoms with Gasteiger partial charge in [0.2, 0.25) is 5.78 Å². The minimum Gasteiger partial charge on any atom is -0.508 e. The zero-order valence-electron chi connectivity index (χ0n) is 23.2. The molecule has 38 heavy (non-hydrogen) atoms. The third-order valence-corrected chi connectivity index (χ3v) is 8.45. The molecule has 1 N–H and O–H groups in total. The maximum Gasteiger partial charge on any atom is 0.259 e. The van der Waals surface area contributed by atoms with Crippen LogP contribution in [0.4, 0.5) is 0 Å². The van der Waals surface area contributed by atoms with Gasteiger partial charge in [-0.15, -0.1) is 0 Å². The number of carbonyl (C=O) groups excluding carboxylic acids is 2. The smallest absolute Gasteiger partial charge is 0.259 e. The van der Waals surface area contributed by atoms with E-state index in [0.717, 1.165) is 54.3 Å². The van der Waals surface area contributed by atoms with Gasteiger partial charge in [-0.25, -0.2) is 0 Å². The van der Waals surface area contributed by atoms with Gasteiger partial charge >= 0.3 is 0 Å². The van der Waals surface area contributed by atoms with Crippen molar-refractivity contribution in [1.29, 1.82) is 0 Å². The molecule has 3 rings (SSSR count). The van der Waals surface area contributed by atoms with E-state index in [9.17, 15) is 14.7 Å². The topological polar surface area (TPSA) is 76.0 Å². The second-order valence-corrected chi connectivity index (χ2v) is 12.0. The molecule has 0 bridgehead atoms. The fourth-order valence-corrected chi connectivity index (χ4v) is 5.77. The number of carbonyl (C=O) groups is 2. The fraction of sp³-hybridized carbons (Fsp3) is 0.531. The molecular formula is C32H43NO4S. The lowest BCUT2D eigenvalue weighted by Gasteiger charge is -2.28. The highest BCUT2D eigenvalue weighted by molar-refractivity contribution is 8.14. The van der Waals surface area contributed by atoms with Gasteiger partial charge in [0, 0.05) is 5.75 Å². The first kappa shape index (κ1) is 29.9. The van der Waals surface area contributed by atoms with Gasteiger partial charge in [0.25, 0.3) is 5.12 Å². The number of ketones is 1. The molecule has 6 heteroatoms. The number of thioether (sulfide) groups is 1. The maximum absolute atomic E-state index is 12.2. The molecule has 1 saturated carbocycles. The van der Waals surface area contributed by atoms with E-state index in [-0.39, 0.29) is 17.9 Å². The van der Waals surface area contributed by atoms with Crippen molar-refractivity contribution in [3.8, 4) is 5.75 Å². The summed E-state index contributed by atoms with van der Waals surface area (Å²) < 4.78 is 0.